The second kappa shape index (κ2) is 6.92. The van der Waals surface area contributed by atoms with E-state index < -0.39 is 25.2 Å². The Morgan fingerprint density at radius 1 is 1.25 bits per heavy atom. The number of rotatable bonds is 4. The van der Waals surface area contributed by atoms with Gasteiger partial charge in [0.2, 0.25) is 5.88 Å². The zero-order valence-electron chi connectivity index (χ0n) is 12.8. The molecule has 0 atom stereocenters. The van der Waals surface area contributed by atoms with E-state index in [1.54, 1.807) is 16.7 Å². The van der Waals surface area contributed by atoms with Gasteiger partial charge in [0.1, 0.15) is 17.7 Å². The van der Waals surface area contributed by atoms with E-state index in [1.807, 2.05) is 0 Å². The number of aromatic nitrogens is 2. The molecule has 0 radical (unpaired) electrons. The lowest BCUT2D eigenvalue weighted by Gasteiger charge is -2.10. The maximum Gasteiger partial charge on any atom is 0.405 e. The van der Waals surface area contributed by atoms with Crippen LogP contribution >= 0.6 is 11.3 Å². The first kappa shape index (κ1) is 16.9. The second-order valence-electron chi connectivity index (χ2n) is 5.60. The average molecular weight is 359 g/mol. The van der Waals surface area contributed by atoms with Crippen molar-refractivity contribution in [3.05, 3.63) is 16.8 Å². The lowest BCUT2D eigenvalue weighted by molar-refractivity contribution is -0.139. The molecule has 1 amide bonds. The Labute approximate surface area is 140 Å². The normalized spacial score (nSPS) is 15.0. The summed E-state index contributed by atoms with van der Waals surface area (Å²) >= 11 is 1.59. The summed E-state index contributed by atoms with van der Waals surface area (Å²) in [5.41, 5.74) is 1.15. The van der Waals surface area contributed by atoms with E-state index in [0.29, 0.717) is 0 Å². The third-order valence-corrected chi connectivity index (χ3v) is 4.99. The molecule has 3 rings (SSSR count). The molecule has 0 spiro atoms. The summed E-state index contributed by atoms with van der Waals surface area (Å²) in [5.74, 6) is -0.568. The molecule has 130 valence electrons. The standard InChI is InChI=1S/C15H16F3N3O2S/c16-15(17,18)7-19-11(22)6-23-13-12-9-4-2-1-3-5-10(9)24-14(12)21-8-20-13/h8H,1-7H2,(H,19,22). The highest BCUT2D eigenvalue weighted by atomic mass is 32.1. The van der Waals surface area contributed by atoms with Gasteiger partial charge in [-0.1, -0.05) is 6.42 Å². The summed E-state index contributed by atoms with van der Waals surface area (Å²) in [6, 6.07) is 0. The SMILES string of the molecule is O=C(COc1ncnc2sc3c(c12)CCCCC3)NCC(F)(F)F. The highest BCUT2D eigenvalue weighted by Crippen LogP contribution is 2.38. The molecule has 0 aliphatic heterocycles. The van der Waals surface area contributed by atoms with Crippen molar-refractivity contribution in [3.63, 3.8) is 0 Å². The number of nitrogens with zero attached hydrogens (tertiary/aromatic N) is 2. The molecular weight excluding hydrogens is 343 g/mol. The van der Waals surface area contributed by atoms with Crippen molar-refractivity contribution >= 4 is 27.5 Å². The molecule has 0 bridgehead atoms. The summed E-state index contributed by atoms with van der Waals surface area (Å²) < 4.78 is 41.7. The molecule has 1 N–H and O–H groups in total. The predicted molar refractivity (Wildman–Crippen MR) is 83.2 cm³/mol. The van der Waals surface area contributed by atoms with Crippen molar-refractivity contribution in [2.75, 3.05) is 13.2 Å². The van der Waals surface area contributed by atoms with Crippen LogP contribution in [0.5, 0.6) is 5.88 Å². The van der Waals surface area contributed by atoms with Crippen LogP contribution in [-0.4, -0.2) is 35.2 Å². The topological polar surface area (TPSA) is 64.1 Å². The van der Waals surface area contributed by atoms with E-state index in [0.717, 1.165) is 47.9 Å². The van der Waals surface area contributed by atoms with Gasteiger partial charge < -0.3 is 10.1 Å². The van der Waals surface area contributed by atoms with Gasteiger partial charge in [0.25, 0.3) is 5.91 Å². The molecule has 2 aromatic heterocycles. The first-order valence-corrected chi connectivity index (χ1v) is 8.47. The van der Waals surface area contributed by atoms with Crippen LogP contribution in [-0.2, 0) is 17.6 Å². The summed E-state index contributed by atoms with van der Waals surface area (Å²) in [4.78, 5) is 21.9. The molecule has 1 aliphatic carbocycles. The molecule has 0 saturated carbocycles. The Hall–Kier alpha value is -1.90. The average Bonchev–Trinajstić information content (AvgIpc) is 2.72. The number of ether oxygens (including phenoxy) is 1. The van der Waals surface area contributed by atoms with E-state index in [-0.39, 0.29) is 5.88 Å². The van der Waals surface area contributed by atoms with Crippen molar-refractivity contribution < 1.29 is 22.7 Å². The number of fused-ring (bicyclic) bond motifs is 3. The fraction of sp³-hybridized carbons (Fsp3) is 0.533. The maximum atomic E-state index is 12.1. The maximum absolute atomic E-state index is 12.1. The number of carbonyl (C=O) groups excluding carboxylic acids is 1. The van der Waals surface area contributed by atoms with Crippen LogP contribution in [0.15, 0.2) is 6.33 Å². The molecule has 1 aliphatic rings. The molecule has 0 aromatic carbocycles. The first-order chi connectivity index (χ1) is 11.4. The number of alkyl halides is 3. The van der Waals surface area contributed by atoms with Gasteiger partial charge in [-0.25, -0.2) is 9.97 Å². The third kappa shape index (κ3) is 3.95. The van der Waals surface area contributed by atoms with E-state index >= 15 is 0 Å². The first-order valence-electron chi connectivity index (χ1n) is 7.65. The van der Waals surface area contributed by atoms with Crippen molar-refractivity contribution in [1.29, 1.82) is 0 Å². The number of nitrogens with one attached hydrogen (secondary N) is 1. The highest BCUT2D eigenvalue weighted by Gasteiger charge is 2.28. The highest BCUT2D eigenvalue weighted by molar-refractivity contribution is 7.18. The van der Waals surface area contributed by atoms with Crippen molar-refractivity contribution in [2.45, 2.75) is 38.3 Å². The molecule has 0 fully saturated rings. The molecule has 0 unspecified atom stereocenters. The lowest BCUT2D eigenvalue weighted by atomic mass is 10.1. The Morgan fingerprint density at radius 2 is 2.04 bits per heavy atom. The minimum Gasteiger partial charge on any atom is -0.467 e. The van der Waals surface area contributed by atoms with Crippen LogP contribution in [0.3, 0.4) is 0 Å². The van der Waals surface area contributed by atoms with Gasteiger partial charge in [0.15, 0.2) is 6.61 Å². The van der Waals surface area contributed by atoms with E-state index in [4.69, 9.17) is 4.74 Å². The van der Waals surface area contributed by atoms with Crippen LogP contribution in [0, 0.1) is 0 Å². The fourth-order valence-corrected chi connectivity index (χ4v) is 3.95. The van der Waals surface area contributed by atoms with Gasteiger partial charge in [-0.15, -0.1) is 11.3 Å². The van der Waals surface area contributed by atoms with E-state index in [9.17, 15) is 18.0 Å². The van der Waals surface area contributed by atoms with E-state index in [2.05, 4.69) is 9.97 Å². The van der Waals surface area contributed by atoms with Gasteiger partial charge >= 0.3 is 6.18 Å². The summed E-state index contributed by atoms with van der Waals surface area (Å²) in [6.45, 7) is -1.88. The van der Waals surface area contributed by atoms with Gasteiger partial charge in [0.05, 0.1) is 5.39 Å². The summed E-state index contributed by atoms with van der Waals surface area (Å²) in [6.07, 6.45) is 2.15. The van der Waals surface area contributed by atoms with Crippen molar-refractivity contribution in [3.8, 4) is 5.88 Å². The number of amides is 1. The summed E-state index contributed by atoms with van der Waals surface area (Å²) in [7, 11) is 0. The van der Waals surface area contributed by atoms with Crippen LogP contribution in [0.1, 0.15) is 29.7 Å². The Kier molecular flexibility index (Phi) is 4.88. The number of carbonyl (C=O) groups is 1. The Morgan fingerprint density at radius 3 is 2.83 bits per heavy atom. The fourth-order valence-electron chi connectivity index (χ4n) is 2.73. The smallest absolute Gasteiger partial charge is 0.405 e. The predicted octanol–water partition coefficient (Wildman–Crippen LogP) is 3.02. The molecule has 24 heavy (non-hydrogen) atoms. The van der Waals surface area contributed by atoms with E-state index in [1.165, 1.54) is 11.2 Å². The van der Waals surface area contributed by atoms with Crippen LogP contribution in [0.25, 0.3) is 10.2 Å². The van der Waals surface area contributed by atoms with Gasteiger partial charge in [-0.2, -0.15) is 13.2 Å². The molecule has 9 heteroatoms. The van der Waals surface area contributed by atoms with Crippen molar-refractivity contribution in [1.82, 2.24) is 15.3 Å². The molecule has 2 heterocycles. The van der Waals surface area contributed by atoms with Crippen LogP contribution in [0.4, 0.5) is 13.2 Å². The zero-order valence-corrected chi connectivity index (χ0v) is 13.6. The zero-order chi connectivity index (χ0) is 17.2. The minimum absolute atomic E-state index is 0.265. The lowest BCUT2D eigenvalue weighted by Crippen LogP contribution is -2.36. The second-order valence-corrected chi connectivity index (χ2v) is 6.69. The van der Waals surface area contributed by atoms with Gasteiger partial charge in [-0.05, 0) is 31.2 Å². The van der Waals surface area contributed by atoms with Crippen LogP contribution < -0.4 is 10.1 Å². The number of thiophene rings is 1. The Bertz CT molecular complexity index is 745. The minimum atomic E-state index is -4.44. The van der Waals surface area contributed by atoms with Gasteiger partial charge in [0, 0.05) is 4.88 Å². The number of hydrogen-bond acceptors (Lipinski definition) is 5. The molecule has 2 aromatic rings. The molecular formula is C15H16F3N3O2S. The number of aryl methyl sites for hydroxylation is 2. The number of hydrogen-bond donors (Lipinski definition) is 1. The monoisotopic (exact) mass is 359 g/mol. The quantitative estimate of drug-likeness (QED) is 0.853. The third-order valence-electron chi connectivity index (χ3n) is 3.79. The summed E-state index contributed by atoms with van der Waals surface area (Å²) in [5, 5.41) is 2.57. The Balaban J connectivity index is 1.75. The van der Waals surface area contributed by atoms with Crippen LogP contribution in [0.2, 0.25) is 0 Å². The van der Waals surface area contributed by atoms with Gasteiger partial charge in [-0.3, -0.25) is 4.79 Å². The largest absolute Gasteiger partial charge is 0.467 e. The molecule has 0 saturated heterocycles. The molecule has 5 nitrogen and oxygen atoms in total. The van der Waals surface area contributed by atoms with Crippen molar-refractivity contribution in [2.24, 2.45) is 0 Å². The number of halogens is 3.